The minimum absolute atomic E-state index is 0.0839. The van der Waals surface area contributed by atoms with Crippen LogP contribution in [0.5, 0.6) is 5.88 Å². The Balaban J connectivity index is 1.25. The van der Waals surface area contributed by atoms with Gasteiger partial charge in [0.25, 0.3) is 0 Å². The quantitative estimate of drug-likeness (QED) is 0.257. The Morgan fingerprint density at radius 2 is 1.82 bits per heavy atom. The summed E-state index contributed by atoms with van der Waals surface area (Å²) in [5, 5.41) is 20.8. The Hall–Kier alpha value is -3.95. The van der Waals surface area contributed by atoms with Crippen LogP contribution in [0.25, 0.3) is 11.1 Å². The fraction of sp³-hybridized carbons (Fsp3) is 0.300. The molecular weight excluding hydrogens is 514 g/mol. The van der Waals surface area contributed by atoms with Crippen LogP contribution in [0.15, 0.2) is 77.5 Å². The number of hydrogen-bond acceptors (Lipinski definition) is 6. The molecule has 4 aromatic rings. The van der Waals surface area contributed by atoms with Gasteiger partial charge in [-0.2, -0.15) is 16.4 Å². The van der Waals surface area contributed by atoms with Crippen LogP contribution in [0.3, 0.4) is 0 Å². The molecule has 8 nitrogen and oxygen atoms in total. The van der Waals surface area contributed by atoms with E-state index >= 15 is 0 Å². The number of carbonyl (C=O) groups is 2. The number of carboxylic acids is 1. The second-order valence-electron chi connectivity index (χ2n) is 9.58. The molecule has 0 saturated heterocycles. The van der Waals surface area contributed by atoms with Gasteiger partial charge >= 0.3 is 5.97 Å². The average molecular weight is 546 g/mol. The zero-order valence-corrected chi connectivity index (χ0v) is 22.3. The molecule has 2 heterocycles. The van der Waals surface area contributed by atoms with Crippen molar-refractivity contribution in [2.75, 3.05) is 0 Å². The molecule has 39 heavy (non-hydrogen) atoms. The molecule has 0 radical (unpaired) electrons. The first-order valence-corrected chi connectivity index (χ1v) is 14.0. The van der Waals surface area contributed by atoms with Gasteiger partial charge in [-0.05, 0) is 51.9 Å². The van der Waals surface area contributed by atoms with E-state index in [0.717, 1.165) is 47.9 Å². The van der Waals surface area contributed by atoms with Crippen molar-refractivity contribution in [3.05, 3.63) is 94.3 Å². The molecule has 2 aromatic carbocycles. The summed E-state index contributed by atoms with van der Waals surface area (Å²) in [5.74, 6) is -1.22. The van der Waals surface area contributed by atoms with Gasteiger partial charge in [0.2, 0.25) is 11.8 Å². The Morgan fingerprint density at radius 3 is 2.62 bits per heavy atom. The maximum atomic E-state index is 13.1. The first kappa shape index (κ1) is 26.6. The summed E-state index contributed by atoms with van der Waals surface area (Å²) >= 11 is 1.62. The number of ether oxygens (including phenoxy) is 2. The van der Waals surface area contributed by atoms with Crippen LogP contribution in [0.1, 0.15) is 47.3 Å². The second-order valence-corrected chi connectivity index (χ2v) is 10.4. The third kappa shape index (κ3) is 6.93. The molecule has 2 atom stereocenters. The van der Waals surface area contributed by atoms with Crippen LogP contribution in [0.2, 0.25) is 0 Å². The van der Waals surface area contributed by atoms with Gasteiger partial charge < -0.3 is 19.9 Å². The fourth-order valence-corrected chi connectivity index (χ4v) is 5.51. The van der Waals surface area contributed by atoms with Crippen LogP contribution in [0, 0.1) is 0 Å². The third-order valence-corrected chi connectivity index (χ3v) is 7.52. The summed E-state index contributed by atoms with van der Waals surface area (Å²) in [6.07, 6.45) is 3.68. The number of thiophene rings is 1. The highest BCUT2D eigenvalue weighted by Crippen LogP contribution is 2.27. The smallest absolute Gasteiger partial charge is 0.356 e. The zero-order valence-electron chi connectivity index (χ0n) is 21.5. The molecule has 0 aliphatic heterocycles. The highest BCUT2D eigenvalue weighted by atomic mass is 32.1. The summed E-state index contributed by atoms with van der Waals surface area (Å²) in [6.45, 7) is 0.539. The molecule has 2 aromatic heterocycles. The number of aromatic carboxylic acids is 1. The van der Waals surface area contributed by atoms with E-state index in [-0.39, 0.29) is 42.8 Å². The Kier molecular flexibility index (Phi) is 8.70. The predicted molar refractivity (Wildman–Crippen MR) is 149 cm³/mol. The molecule has 0 bridgehead atoms. The third-order valence-electron chi connectivity index (χ3n) is 6.84. The summed E-state index contributed by atoms with van der Waals surface area (Å²) in [5.41, 5.74) is 4.00. The maximum absolute atomic E-state index is 13.1. The van der Waals surface area contributed by atoms with Crippen molar-refractivity contribution in [3.63, 3.8) is 0 Å². The molecule has 202 valence electrons. The normalized spacial score (nSPS) is 17.0. The van der Waals surface area contributed by atoms with E-state index in [1.165, 1.54) is 10.7 Å². The van der Waals surface area contributed by atoms with Gasteiger partial charge in [0.1, 0.15) is 13.2 Å². The Bertz CT molecular complexity index is 1390. The van der Waals surface area contributed by atoms with Crippen LogP contribution in [-0.4, -0.2) is 38.9 Å². The standard InChI is InChI=1S/C30H31N3O5S/c34-28(31-25-12-6-7-13-27(25)37-18-21-8-2-1-3-9-21)17-33-29(16-26(32-33)30(35)36)38-19-22-10-4-5-11-24(22)23-14-15-39-20-23/h1-5,8-11,14-16,20,25,27H,6-7,12-13,17-19H2,(H,31,34)(H,35,36). The number of carbonyl (C=O) groups excluding carboxylic acids is 1. The summed E-state index contributed by atoms with van der Waals surface area (Å²) in [4.78, 5) is 24.7. The molecule has 1 amide bonds. The van der Waals surface area contributed by atoms with Crippen LogP contribution >= 0.6 is 11.3 Å². The Labute approximate surface area is 231 Å². The molecular formula is C30H31N3O5S. The SMILES string of the molecule is O=C(Cn1nc(C(=O)O)cc1OCc1ccccc1-c1ccsc1)NC1CCCCC1OCc1ccccc1. The van der Waals surface area contributed by atoms with Crippen molar-refractivity contribution in [3.8, 4) is 17.0 Å². The van der Waals surface area contributed by atoms with Gasteiger partial charge in [0.15, 0.2) is 5.69 Å². The van der Waals surface area contributed by atoms with Gasteiger partial charge in [-0.25, -0.2) is 9.48 Å². The van der Waals surface area contributed by atoms with E-state index in [0.29, 0.717) is 6.61 Å². The minimum Gasteiger partial charge on any atom is -0.476 e. The van der Waals surface area contributed by atoms with Crippen molar-refractivity contribution in [1.29, 1.82) is 0 Å². The zero-order chi connectivity index (χ0) is 27.0. The van der Waals surface area contributed by atoms with Gasteiger partial charge in [-0.1, -0.05) is 67.4 Å². The first-order valence-electron chi connectivity index (χ1n) is 13.1. The number of nitrogens with one attached hydrogen (secondary N) is 1. The average Bonchev–Trinajstić information content (AvgIpc) is 3.63. The lowest BCUT2D eigenvalue weighted by atomic mass is 9.92. The first-order chi connectivity index (χ1) is 19.1. The van der Waals surface area contributed by atoms with Crippen molar-refractivity contribution in [2.45, 2.75) is 57.6 Å². The molecule has 1 fully saturated rings. The topological polar surface area (TPSA) is 103 Å². The molecule has 5 rings (SSSR count). The lowest BCUT2D eigenvalue weighted by Crippen LogP contribution is -2.47. The minimum atomic E-state index is -1.18. The summed E-state index contributed by atoms with van der Waals surface area (Å²) in [7, 11) is 0. The molecule has 1 aliphatic rings. The van der Waals surface area contributed by atoms with Gasteiger partial charge in [-0.3, -0.25) is 4.79 Å². The van der Waals surface area contributed by atoms with Crippen molar-refractivity contribution in [1.82, 2.24) is 15.1 Å². The summed E-state index contributed by atoms with van der Waals surface area (Å²) in [6, 6.07) is 21.2. The van der Waals surface area contributed by atoms with E-state index in [1.54, 1.807) is 11.3 Å². The molecule has 9 heteroatoms. The highest BCUT2D eigenvalue weighted by molar-refractivity contribution is 7.08. The van der Waals surface area contributed by atoms with E-state index in [9.17, 15) is 14.7 Å². The lowest BCUT2D eigenvalue weighted by molar-refractivity contribution is -0.124. The Morgan fingerprint density at radius 1 is 1.03 bits per heavy atom. The van der Waals surface area contributed by atoms with E-state index in [4.69, 9.17) is 9.47 Å². The number of benzene rings is 2. The van der Waals surface area contributed by atoms with Crippen LogP contribution in [0.4, 0.5) is 0 Å². The summed E-state index contributed by atoms with van der Waals surface area (Å²) < 4.78 is 13.5. The number of hydrogen-bond donors (Lipinski definition) is 2. The molecule has 1 aliphatic carbocycles. The van der Waals surface area contributed by atoms with E-state index in [2.05, 4.69) is 15.8 Å². The van der Waals surface area contributed by atoms with Crippen LogP contribution in [-0.2, 0) is 29.3 Å². The monoisotopic (exact) mass is 545 g/mol. The maximum Gasteiger partial charge on any atom is 0.356 e. The number of rotatable bonds is 11. The number of amides is 1. The van der Waals surface area contributed by atoms with Gasteiger partial charge in [0, 0.05) is 6.07 Å². The second kappa shape index (κ2) is 12.7. The highest BCUT2D eigenvalue weighted by Gasteiger charge is 2.28. The van der Waals surface area contributed by atoms with E-state index < -0.39 is 5.97 Å². The molecule has 2 unspecified atom stereocenters. The van der Waals surface area contributed by atoms with E-state index in [1.807, 2.05) is 66.0 Å². The van der Waals surface area contributed by atoms with Crippen LogP contribution < -0.4 is 10.1 Å². The number of nitrogens with zero attached hydrogens (tertiary/aromatic N) is 2. The molecule has 0 spiro atoms. The molecule has 2 N–H and O–H groups in total. The fourth-order valence-electron chi connectivity index (χ4n) is 4.86. The predicted octanol–water partition coefficient (Wildman–Crippen LogP) is 5.53. The number of aromatic nitrogens is 2. The van der Waals surface area contributed by atoms with Crippen molar-refractivity contribution >= 4 is 23.2 Å². The lowest BCUT2D eigenvalue weighted by Gasteiger charge is -2.32. The van der Waals surface area contributed by atoms with Gasteiger partial charge in [0.05, 0.1) is 18.8 Å². The van der Waals surface area contributed by atoms with Crippen molar-refractivity contribution < 1.29 is 24.2 Å². The molecule has 1 saturated carbocycles. The van der Waals surface area contributed by atoms with Gasteiger partial charge in [-0.15, -0.1) is 0 Å². The number of carboxylic acid groups (broad SMARTS) is 1. The largest absolute Gasteiger partial charge is 0.476 e. The van der Waals surface area contributed by atoms with Crippen molar-refractivity contribution in [2.24, 2.45) is 0 Å².